The van der Waals surface area contributed by atoms with Crippen molar-refractivity contribution in [3.8, 4) is 11.5 Å². The van der Waals surface area contributed by atoms with Crippen molar-refractivity contribution in [3.05, 3.63) is 12.1 Å². The average Bonchev–Trinajstić information content (AvgIpc) is 2.55. The summed E-state index contributed by atoms with van der Waals surface area (Å²) in [6.45, 7) is 6.09. The molecule has 0 aromatic heterocycles. The van der Waals surface area contributed by atoms with E-state index in [1.807, 2.05) is 24.0 Å². The first-order valence-corrected chi connectivity index (χ1v) is 8.26. The second kappa shape index (κ2) is 6.46. The molecule has 22 heavy (non-hydrogen) atoms. The zero-order valence-electron chi connectivity index (χ0n) is 13.4. The van der Waals surface area contributed by atoms with E-state index in [0.29, 0.717) is 13.2 Å². The predicted molar refractivity (Wildman–Crippen MR) is 87.0 cm³/mol. The second-order valence-electron chi connectivity index (χ2n) is 5.82. The van der Waals surface area contributed by atoms with Gasteiger partial charge in [-0.3, -0.25) is 4.79 Å². The maximum atomic E-state index is 12.7. The summed E-state index contributed by atoms with van der Waals surface area (Å²) in [6, 6.07) is 3.75. The minimum absolute atomic E-state index is 0.155. The van der Waals surface area contributed by atoms with Crippen molar-refractivity contribution in [2.45, 2.75) is 45.6 Å². The molecule has 1 atom stereocenters. The van der Waals surface area contributed by atoms with Crippen LogP contribution in [0.5, 0.6) is 11.5 Å². The monoisotopic (exact) mass is 304 g/mol. The third-order valence-corrected chi connectivity index (χ3v) is 4.24. The van der Waals surface area contributed by atoms with Crippen molar-refractivity contribution in [1.29, 1.82) is 0 Å². The van der Waals surface area contributed by atoms with E-state index in [1.54, 1.807) is 0 Å². The zero-order valence-corrected chi connectivity index (χ0v) is 13.4. The molecular weight excluding hydrogens is 280 g/mol. The van der Waals surface area contributed by atoms with Crippen LogP contribution in [0.3, 0.4) is 0 Å². The zero-order chi connectivity index (χ0) is 15.5. The summed E-state index contributed by atoms with van der Waals surface area (Å²) in [7, 11) is 0. The van der Waals surface area contributed by atoms with Crippen molar-refractivity contribution in [2.75, 3.05) is 30.0 Å². The Morgan fingerprint density at radius 2 is 1.91 bits per heavy atom. The molecule has 2 heterocycles. The highest BCUT2D eigenvalue weighted by atomic mass is 16.6. The van der Waals surface area contributed by atoms with Crippen LogP contribution in [0.2, 0.25) is 0 Å². The molecule has 5 nitrogen and oxygen atoms in total. The number of ether oxygens (including phenoxy) is 2. The second-order valence-corrected chi connectivity index (χ2v) is 5.82. The molecule has 2 aliphatic rings. The topological polar surface area (TPSA) is 50.8 Å². The van der Waals surface area contributed by atoms with Crippen LogP contribution >= 0.6 is 0 Å². The molecule has 1 unspecified atom stereocenters. The van der Waals surface area contributed by atoms with Crippen LogP contribution in [0, 0.1) is 0 Å². The standard InChI is InChI=1S/C17H24N2O3/c1-3-5-6-7-19-14-11-16-15(21-8-9-22-16)10-13(14)18-12(4-2)17(19)20/h10-12,18H,3-9H2,1-2H3. The number of hydrogen-bond acceptors (Lipinski definition) is 4. The molecule has 0 saturated carbocycles. The minimum atomic E-state index is -0.156. The molecule has 0 saturated heterocycles. The summed E-state index contributed by atoms with van der Waals surface area (Å²) in [5, 5.41) is 3.34. The Balaban J connectivity index is 1.94. The summed E-state index contributed by atoms with van der Waals surface area (Å²) in [5.74, 6) is 1.65. The summed E-state index contributed by atoms with van der Waals surface area (Å²) < 4.78 is 11.3. The van der Waals surface area contributed by atoms with E-state index >= 15 is 0 Å². The molecule has 1 amide bonds. The molecule has 120 valence electrons. The molecule has 0 aliphatic carbocycles. The molecule has 1 aromatic carbocycles. The molecule has 2 aliphatic heterocycles. The number of carbonyl (C=O) groups excluding carboxylic acids is 1. The first kappa shape index (κ1) is 15.0. The lowest BCUT2D eigenvalue weighted by atomic mass is 10.1. The number of fused-ring (bicyclic) bond motifs is 2. The van der Waals surface area contributed by atoms with Gasteiger partial charge in [0.25, 0.3) is 0 Å². The highest BCUT2D eigenvalue weighted by Crippen LogP contribution is 2.42. The first-order valence-electron chi connectivity index (χ1n) is 8.26. The Morgan fingerprint density at radius 3 is 2.59 bits per heavy atom. The van der Waals surface area contributed by atoms with Gasteiger partial charge in [0.15, 0.2) is 11.5 Å². The molecule has 0 spiro atoms. The van der Waals surface area contributed by atoms with Crippen LogP contribution in [0.15, 0.2) is 12.1 Å². The quantitative estimate of drug-likeness (QED) is 0.849. The Morgan fingerprint density at radius 1 is 1.18 bits per heavy atom. The maximum Gasteiger partial charge on any atom is 0.249 e. The maximum absolute atomic E-state index is 12.7. The number of amides is 1. The lowest BCUT2D eigenvalue weighted by Gasteiger charge is -2.36. The van der Waals surface area contributed by atoms with E-state index in [1.165, 1.54) is 0 Å². The van der Waals surface area contributed by atoms with Gasteiger partial charge in [-0.15, -0.1) is 0 Å². The fourth-order valence-corrected chi connectivity index (χ4v) is 3.00. The molecule has 0 radical (unpaired) electrons. The normalized spacial score (nSPS) is 19.6. The Bertz CT molecular complexity index is 559. The van der Waals surface area contributed by atoms with Gasteiger partial charge in [0.1, 0.15) is 19.3 Å². The number of anilines is 2. The first-order chi connectivity index (χ1) is 10.7. The van der Waals surface area contributed by atoms with Gasteiger partial charge >= 0.3 is 0 Å². The fraction of sp³-hybridized carbons (Fsp3) is 0.588. The Kier molecular flexibility index (Phi) is 4.41. The molecule has 5 heteroatoms. The van der Waals surface area contributed by atoms with Crippen LogP contribution < -0.4 is 19.7 Å². The van der Waals surface area contributed by atoms with Crippen molar-refractivity contribution >= 4 is 17.3 Å². The summed E-state index contributed by atoms with van der Waals surface area (Å²) in [4.78, 5) is 14.6. The van der Waals surface area contributed by atoms with Crippen molar-refractivity contribution in [3.63, 3.8) is 0 Å². The van der Waals surface area contributed by atoms with Gasteiger partial charge in [-0.05, 0) is 12.8 Å². The van der Waals surface area contributed by atoms with E-state index in [4.69, 9.17) is 9.47 Å². The van der Waals surface area contributed by atoms with E-state index in [0.717, 1.165) is 55.1 Å². The Hall–Kier alpha value is -1.91. The van der Waals surface area contributed by atoms with Crippen LogP contribution in [-0.4, -0.2) is 31.7 Å². The van der Waals surface area contributed by atoms with E-state index in [2.05, 4.69) is 12.2 Å². The smallest absolute Gasteiger partial charge is 0.249 e. The third kappa shape index (κ3) is 2.72. The number of unbranched alkanes of at least 4 members (excludes halogenated alkanes) is 2. The lowest BCUT2D eigenvalue weighted by molar-refractivity contribution is -0.119. The number of carbonyl (C=O) groups is 1. The predicted octanol–water partition coefficient (Wildman–Crippen LogP) is 3.19. The van der Waals surface area contributed by atoms with Gasteiger partial charge in [0, 0.05) is 18.7 Å². The summed E-state index contributed by atoms with van der Waals surface area (Å²) in [5.41, 5.74) is 1.88. The van der Waals surface area contributed by atoms with Gasteiger partial charge in [0.05, 0.1) is 11.4 Å². The van der Waals surface area contributed by atoms with Gasteiger partial charge in [-0.2, -0.15) is 0 Å². The SMILES string of the molecule is CCCCCN1C(=O)C(CC)Nc2cc3c(cc21)OCCO3. The summed E-state index contributed by atoms with van der Waals surface area (Å²) in [6.07, 6.45) is 4.07. The molecule has 0 fully saturated rings. The minimum Gasteiger partial charge on any atom is -0.486 e. The number of benzene rings is 1. The van der Waals surface area contributed by atoms with Gasteiger partial charge in [-0.1, -0.05) is 26.7 Å². The van der Waals surface area contributed by atoms with Crippen LogP contribution in [-0.2, 0) is 4.79 Å². The van der Waals surface area contributed by atoms with Crippen molar-refractivity contribution in [2.24, 2.45) is 0 Å². The molecule has 1 aromatic rings. The van der Waals surface area contributed by atoms with E-state index < -0.39 is 0 Å². The van der Waals surface area contributed by atoms with Crippen LogP contribution in [0.25, 0.3) is 0 Å². The third-order valence-electron chi connectivity index (χ3n) is 4.24. The van der Waals surface area contributed by atoms with Crippen molar-refractivity contribution < 1.29 is 14.3 Å². The fourth-order valence-electron chi connectivity index (χ4n) is 3.00. The van der Waals surface area contributed by atoms with Crippen LogP contribution in [0.1, 0.15) is 39.5 Å². The summed E-state index contributed by atoms with van der Waals surface area (Å²) >= 11 is 0. The molecule has 3 rings (SSSR count). The Labute approximate surface area is 131 Å². The van der Waals surface area contributed by atoms with Gasteiger partial charge in [-0.25, -0.2) is 0 Å². The van der Waals surface area contributed by atoms with Crippen LogP contribution in [0.4, 0.5) is 11.4 Å². The highest BCUT2D eigenvalue weighted by molar-refractivity contribution is 6.05. The highest BCUT2D eigenvalue weighted by Gasteiger charge is 2.32. The van der Waals surface area contributed by atoms with E-state index in [9.17, 15) is 4.79 Å². The molecular formula is C17H24N2O3. The van der Waals surface area contributed by atoms with Crippen molar-refractivity contribution in [1.82, 2.24) is 0 Å². The lowest BCUT2D eigenvalue weighted by Crippen LogP contribution is -2.47. The molecule has 1 N–H and O–H groups in total. The number of hydrogen-bond donors (Lipinski definition) is 1. The molecule has 0 bridgehead atoms. The van der Waals surface area contributed by atoms with E-state index in [-0.39, 0.29) is 11.9 Å². The van der Waals surface area contributed by atoms with Gasteiger partial charge in [0.2, 0.25) is 5.91 Å². The number of rotatable bonds is 5. The number of nitrogens with zero attached hydrogens (tertiary/aromatic N) is 1. The largest absolute Gasteiger partial charge is 0.486 e. The number of nitrogens with one attached hydrogen (secondary N) is 1. The van der Waals surface area contributed by atoms with Gasteiger partial charge < -0.3 is 19.7 Å². The average molecular weight is 304 g/mol.